The van der Waals surface area contributed by atoms with E-state index < -0.39 is 0 Å². The van der Waals surface area contributed by atoms with Crippen LogP contribution in [0.15, 0.2) is 23.2 Å². The summed E-state index contributed by atoms with van der Waals surface area (Å²) in [5.74, 6) is 2.21. The van der Waals surface area contributed by atoms with E-state index in [-0.39, 0.29) is 0 Å². The van der Waals surface area contributed by atoms with Gasteiger partial charge in [0.05, 0.1) is 13.2 Å². The van der Waals surface area contributed by atoms with Gasteiger partial charge in [-0.05, 0) is 43.7 Å². The number of ether oxygens (including phenoxy) is 1. The number of aryl methyl sites for hydroxylation is 1. The summed E-state index contributed by atoms with van der Waals surface area (Å²) < 4.78 is 5.94. The molecule has 116 valence electrons. The summed E-state index contributed by atoms with van der Waals surface area (Å²) in [6, 6.07) is 6.27. The maximum atomic E-state index is 5.94. The Kier molecular flexibility index (Phi) is 5.90. The number of guanidine groups is 1. The maximum Gasteiger partial charge on any atom is 0.188 e. The minimum absolute atomic E-state index is 0.511. The molecule has 0 aromatic heterocycles. The van der Waals surface area contributed by atoms with Gasteiger partial charge in [0.1, 0.15) is 5.75 Å². The van der Waals surface area contributed by atoms with Gasteiger partial charge in [0.2, 0.25) is 0 Å². The topological polar surface area (TPSA) is 59.6 Å². The number of benzene rings is 1. The molecule has 0 aliphatic heterocycles. The van der Waals surface area contributed by atoms with Crippen molar-refractivity contribution in [2.45, 2.75) is 46.1 Å². The van der Waals surface area contributed by atoms with Gasteiger partial charge in [0.25, 0.3) is 0 Å². The molecule has 0 radical (unpaired) electrons. The maximum absolute atomic E-state index is 5.94. The van der Waals surface area contributed by atoms with Gasteiger partial charge >= 0.3 is 0 Å². The number of hydrogen-bond acceptors (Lipinski definition) is 2. The lowest BCUT2D eigenvalue weighted by molar-refractivity contribution is 0.296. The molecule has 4 heteroatoms. The van der Waals surface area contributed by atoms with Crippen LogP contribution >= 0.6 is 0 Å². The van der Waals surface area contributed by atoms with E-state index in [9.17, 15) is 0 Å². The van der Waals surface area contributed by atoms with Crippen molar-refractivity contribution < 1.29 is 4.74 Å². The second-order valence-corrected chi connectivity index (χ2v) is 5.85. The van der Waals surface area contributed by atoms with Crippen molar-refractivity contribution in [2.24, 2.45) is 16.6 Å². The third kappa shape index (κ3) is 5.66. The lowest BCUT2D eigenvalue weighted by atomic mass is 10.1. The van der Waals surface area contributed by atoms with Crippen molar-refractivity contribution in [1.29, 1.82) is 0 Å². The minimum Gasteiger partial charge on any atom is -0.493 e. The summed E-state index contributed by atoms with van der Waals surface area (Å²) in [6.07, 6.45) is 4.86. The molecule has 0 saturated heterocycles. The van der Waals surface area contributed by atoms with Crippen molar-refractivity contribution in [2.75, 3.05) is 13.2 Å². The third-order valence-corrected chi connectivity index (χ3v) is 3.65. The molecule has 21 heavy (non-hydrogen) atoms. The largest absolute Gasteiger partial charge is 0.493 e. The molecule has 1 aromatic rings. The van der Waals surface area contributed by atoms with Gasteiger partial charge in [0.15, 0.2) is 5.96 Å². The van der Waals surface area contributed by atoms with E-state index in [1.54, 1.807) is 0 Å². The third-order valence-electron chi connectivity index (χ3n) is 3.65. The van der Waals surface area contributed by atoms with Crippen molar-refractivity contribution in [3.8, 4) is 5.75 Å². The molecule has 1 fully saturated rings. The average molecular weight is 289 g/mol. The van der Waals surface area contributed by atoms with Gasteiger partial charge in [-0.15, -0.1) is 0 Å². The van der Waals surface area contributed by atoms with Crippen LogP contribution in [0.4, 0.5) is 0 Å². The molecular formula is C17H27N3O. The molecule has 1 saturated carbocycles. The smallest absolute Gasteiger partial charge is 0.188 e. The Labute approximate surface area is 127 Å². The van der Waals surface area contributed by atoms with Crippen molar-refractivity contribution in [3.63, 3.8) is 0 Å². The molecule has 0 heterocycles. The second kappa shape index (κ2) is 7.91. The Morgan fingerprint density at radius 1 is 1.43 bits per heavy atom. The predicted molar refractivity (Wildman–Crippen MR) is 87.6 cm³/mol. The van der Waals surface area contributed by atoms with Crippen LogP contribution in [0.3, 0.4) is 0 Å². The van der Waals surface area contributed by atoms with Gasteiger partial charge in [-0.1, -0.05) is 25.5 Å². The monoisotopic (exact) mass is 289 g/mol. The first-order valence-electron chi connectivity index (χ1n) is 7.95. The zero-order valence-electron chi connectivity index (χ0n) is 13.2. The average Bonchev–Trinajstić information content (AvgIpc) is 3.28. The van der Waals surface area contributed by atoms with Gasteiger partial charge in [0, 0.05) is 12.1 Å². The van der Waals surface area contributed by atoms with Crippen LogP contribution in [0.5, 0.6) is 5.75 Å². The SMILES string of the molecule is CCCCNC(N)=NCc1ccc(C)cc1OCC1CC1. The van der Waals surface area contributed by atoms with E-state index >= 15 is 0 Å². The first-order valence-corrected chi connectivity index (χ1v) is 7.95. The molecule has 0 amide bonds. The fourth-order valence-corrected chi connectivity index (χ4v) is 2.04. The minimum atomic E-state index is 0.511. The Morgan fingerprint density at radius 3 is 2.95 bits per heavy atom. The van der Waals surface area contributed by atoms with E-state index in [2.05, 4.69) is 42.4 Å². The number of rotatable bonds is 8. The number of unbranched alkanes of at least 4 members (excludes halogenated alkanes) is 1. The molecule has 0 bridgehead atoms. The Bertz CT molecular complexity index is 481. The Morgan fingerprint density at radius 2 is 2.24 bits per heavy atom. The van der Waals surface area contributed by atoms with Crippen molar-refractivity contribution in [1.82, 2.24) is 5.32 Å². The molecule has 2 rings (SSSR count). The quantitative estimate of drug-likeness (QED) is 0.439. The summed E-state index contributed by atoms with van der Waals surface area (Å²) in [5, 5.41) is 3.13. The molecule has 1 aliphatic rings. The fraction of sp³-hybridized carbons (Fsp3) is 0.588. The zero-order valence-corrected chi connectivity index (χ0v) is 13.2. The van der Waals surface area contributed by atoms with Crippen LogP contribution in [0, 0.1) is 12.8 Å². The number of nitrogens with zero attached hydrogens (tertiary/aromatic N) is 1. The van der Waals surface area contributed by atoms with Crippen LogP contribution in [-0.2, 0) is 6.54 Å². The summed E-state index contributed by atoms with van der Waals surface area (Å²) in [5.41, 5.74) is 8.18. The molecule has 4 nitrogen and oxygen atoms in total. The number of aliphatic imine (C=N–C) groups is 1. The molecule has 1 aromatic carbocycles. The van der Waals surface area contributed by atoms with E-state index in [0.29, 0.717) is 12.5 Å². The van der Waals surface area contributed by atoms with E-state index in [0.717, 1.165) is 43.2 Å². The summed E-state index contributed by atoms with van der Waals surface area (Å²) >= 11 is 0. The highest BCUT2D eigenvalue weighted by atomic mass is 16.5. The van der Waals surface area contributed by atoms with E-state index in [1.807, 2.05) is 0 Å². The number of nitrogens with one attached hydrogen (secondary N) is 1. The fourth-order valence-electron chi connectivity index (χ4n) is 2.04. The highest BCUT2D eigenvalue weighted by molar-refractivity contribution is 5.77. The first kappa shape index (κ1) is 15.7. The molecular weight excluding hydrogens is 262 g/mol. The van der Waals surface area contributed by atoms with Crippen LogP contribution in [0.25, 0.3) is 0 Å². The summed E-state index contributed by atoms with van der Waals surface area (Å²) in [4.78, 5) is 4.40. The van der Waals surface area contributed by atoms with Crippen molar-refractivity contribution in [3.05, 3.63) is 29.3 Å². The summed E-state index contributed by atoms with van der Waals surface area (Å²) in [6.45, 7) is 6.50. The highest BCUT2D eigenvalue weighted by Crippen LogP contribution is 2.30. The van der Waals surface area contributed by atoms with Crippen LogP contribution in [0.2, 0.25) is 0 Å². The number of hydrogen-bond donors (Lipinski definition) is 2. The number of nitrogens with two attached hydrogens (primary N) is 1. The Hall–Kier alpha value is -1.71. The standard InChI is InChI=1S/C17H27N3O/c1-3-4-9-19-17(18)20-11-15-8-5-13(2)10-16(15)21-12-14-6-7-14/h5,8,10,14H,3-4,6-7,9,11-12H2,1-2H3,(H3,18,19,20). The molecule has 3 N–H and O–H groups in total. The molecule has 0 unspecified atom stereocenters. The van der Waals surface area contributed by atoms with Gasteiger partial charge in [-0.2, -0.15) is 0 Å². The second-order valence-electron chi connectivity index (χ2n) is 5.85. The lowest BCUT2D eigenvalue weighted by Gasteiger charge is -2.11. The highest BCUT2D eigenvalue weighted by Gasteiger charge is 2.22. The van der Waals surface area contributed by atoms with E-state index in [4.69, 9.17) is 10.5 Å². The van der Waals surface area contributed by atoms with Gasteiger partial charge < -0.3 is 15.8 Å². The molecule has 0 atom stereocenters. The predicted octanol–water partition coefficient (Wildman–Crippen LogP) is 2.99. The van der Waals surface area contributed by atoms with Crippen molar-refractivity contribution >= 4 is 5.96 Å². The van der Waals surface area contributed by atoms with E-state index in [1.165, 1.54) is 18.4 Å². The molecule has 1 aliphatic carbocycles. The normalized spacial score (nSPS) is 15.0. The molecule has 0 spiro atoms. The first-order chi connectivity index (χ1) is 10.2. The Balaban J connectivity index is 1.92. The lowest BCUT2D eigenvalue weighted by Crippen LogP contribution is -2.32. The van der Waals surface area contributed by atoms with Crippen LogP contribution in [-0.4, -0.2) is 19.1 Å². The van der Waals surface area contributed by atoms with Crippen LogP contribution in [0.1, 0.15) is 43.7 Å². The summed E-state index contributed by atoms with van der Waals surface area (Å²) in [7, 11) is 0. The zero-order chi connectivity index (χ0) is 15.1. The van der Waals surface area contributed by atoms with Gasteiger partial charge in [-0.25, -0.2) is 4.99 Å². The van der Waals surface area contributed by atoms with Crippen LogP contribution < -0.4 is 15.8 Å². The van der Waals surface area contributed by atoms with Gasteiger partial charge in [-0.3, -0.25) is 0 Å².